The molecule has 0 spiro atoms. The Morgan fingerprint density at radius 2 is 1.58 bits per heavy atom. The highest BCUT2D eigenvalue weighted by molar-refractivity contribution is 7.92. The normalized spacial score (nSPS) is 10.9. The number of amides is 3. The Morgan fingerprint density at radius 1 is 1.00 bits per heavy atom. The Balaban J connectivity index is 2.07. The smallest absolute Gasteiger partial charge is 0.316 e. The van der Waals surface area contributed by atoms with Gasteiger partial charge in [-0.25, -0.2) is 13.2 Å². The lowest BCUT2D eigenvalue weighted by molar-refractivity contribution is -0.113. The molecule has 0 aliphatic rings. The molecule has 126 valence electrons. The molecule has 2 aromatic rings. The van der Waals surface area contributed by atoms with E-state index < -0.39 is 27.5 Å². The first kappa shape index (κ1) is 17.8. The molecule has 7 nitrogen and oxygen atoms in total. The molecule has 2 aromatic carbocycles. The third kappa shape index (κ3) is 4.97. The molecule has 0 aliphatic carbocycles. The van der Waals surface area contributed by atoms with Crippen molar-refractivity contribution in [1.29, 1.82) is 0 Å². The highest BCUT2D eigenvalue weighted by Crippen LogP contribution is 2.17. The van der Waals surface area contributed by atoms with Crippen molar-refractivity contribution in [3.8, 4) is 0 Å². The SMILES string of the molecule is NC(=O)Nc1cccc(NC(=O)CS(=O)(=O)c2ccc(Cl)cc2)c1. The van der Waals surface area contributed by atoms with Gasteiger partial charge in [0.05, 0.1) is 4.90 Å². The van der Waals surface area contributed by atoms with Crippen LogP contribution in [0.2, 0.25) is 5.02 Å². The van der Waals surface area contributed by atoms with Gasteiger partial charge in [0.25, 0.3) is 0 Å². The fraction of sp³-hybridized carbons (Fsp3) is 0.0667. The molecule has 0 bridgehead atoms. The number of carbonyl (C=O) groups excluding carboxylic acids is 2. The van der Waals surface area contributed by atoms with E-state index in [-0.39, 0.29) is 4.90 Å². The van der Waals surface area contributed by atoms with Crippen LogP contribution in [0, 0.1) is 0 Å². The highest BCUT2D eigenvalue weighted by atomic mass is 35.5. The number of primary amides is 1. The van der Waals surface area contributed by atoms with Crippen molar-refractivity contribution >= 4 is 44.8 Å². The minimum Gasteiger partial charge on any atom is -0.351 e. The summed E-state index contributed by atoms with van der Waals surface area (Å²) in [7, 11) is -3.79. The average molecular weight is 368 g/mol. The van der Waals surface area contributed by atoms with Crippen LogP contribution in [0.3, 0.4) is 0 Å². The number of nitrogens with two attached hydrogens (primary N) is 1. The Morgan fingerprint density at radius 3 is 2.17 bits per heavy atom. The van der Waals surface area contributed by atoms with Gasteiger partial charge in [-0.2, -0.15) is 0 Å². The van der Waals surface area contributed by atoms with Crippen LogP contribution in [0.1, 0.15) is 0 Å². The van der Waals surface area contributed by atoms with Crippen molar-refractivity contribution in [1.82, 2.24) is 0 Å². The first-order valence-electron chi connectivity index (χ1n) is 6.71. The number of sulfone groups is 1. The molecule has 2 rings (SSSR count). The number of nitrogens with one attached hydrogen (secondary N) is 2. The largest absolute Gasteiger partial charge is 0.351 e. The summed E-state index contributed by atoms with van der Waals surface area (Å²) in [4.78, 5) is 22.8. The first-order valence-corrected chi connectivity index (χ1v) is 8.74. The van der Waals surface area contributed by atoms with Crippen LogP contribution in [-0.2, 0) is 14.6 Å². The van der Waals surface area contributed by atoms with Gasteiger partial charge >= 0.3 is 6.03 Å². The maximum atomic E-state index is 12.2. The number of halogens is 1. The zero-order chi connectivity index (χ0) is 17.7. The van der Waals surface area contributed by atoms with Crippen molar-refractivity contribution in [3.63, 3.8) is 0 Å². The Kier molecular flexibility index (Phi) is 5.42. The second-order valence-electron chi connectivity index (χ2n) is 4.83. The van der Waals surface area contributed by atoms with Crippen LogP contribution < -0.4 is 16.4 Å². The number of rotatable bonds is 5. The molecular formula is C15H14ClN3O4S. The van der Waals surface area contributed by atoms with Gasteiger partial charge in [-0.05, 0) is 42.5 Å². The lowest BCUT2D eigenvalue weighted by atomic mass is 10.3. The standard InChI is InChI=1S/C15H14ClN3O4S/c16-10-4-6-13(7-5-10)24(22,23)9-14(20)18-11-2-1-3-12(8-11)19-15(17)21/h1-8H,9H2,(H,18,20)(H3,17,19,21). The topological polar surface area (TPSA) is 118 Å². The van der Waals surface area contributed by atoms with Crippen LogP contribution >= 0.6 is 11.6 Å². The number of anilines is 2. The maximum absolute atomic E-state index is 12.2. The van der Waals surface area contributed by atoms with Gasteiger partial charge in [-0.1, -0.05) is 17.7 Å². The molecule has 4 N–H and O–H groups in total. The number of carbonyl (C=O) groups is 2. The molecule has 24 heavy (non-hydrogen) atoms. The third-order valence-corrected chi connectivity index (χ3v) is 4.79. The number of urea groups is 1. The second-order valence-corrected chi connectivity index (χ2v) is 7.26. The van der Waals surface area contributed by atoms with Crippen molar-refractivity contribution in [3.05, 3.63) is 53.6 Å². The Bertz CT molecular complexity index is 867. The van der Waals surface area contributed by atoms with Gasteiger partial charge in [0.15, 0.2) is 9.84 Å². The van der Waals surface area contributed by atoms with Gasteiger partial charge in [0.1, 0.15) is 5.75 Å². The maximum Gasteiger partial charge on any atom is 0.316 e. The molecule has 0 aliphatic heterocycles. The lowest BCUT2D eigenvalue weighted by Gasteiger charge is -2.08. The molecule has 0 aromatic heterocycles. The minimum absolute atomic E-state index is 0.00574. The summed E-state index contributed by atoms with van der Waals surface area (Å²) in [5.74, 6) is -1.43. The molecule has 0 heterocycles. The summed E-state index contributed by atoms with van der Waals surface area (Å²) in [5.41, 5.74) is 5.71. The van der Waals surface area contributed by atoms with Gasteiger partial charge < -0.3 is 16.4 Å². The predicted molar refractivity (Wildman–Crippen MR) is 91.8 cm³/mol. The van der Waals surface area contributed by atoms with E-state index in [0.29, 0.717) is 16.4 Å². The molecule has 0 radical (unpaired) electrons. The van der Waals surface area contributed by atoms with Gasteiger partial charge in [0, 0.05) is 16.4 Å². The monoisotopic (exact) mass is 367 g/mol. The summed E-state index contributed by atoms with van der Waals surface area (Å²) < 4.78 is 24.4. The second kappa shape index (κ2) is 7.33. The lowest BCUT2D eigenvalue weighted by Crippen LogP contribution is -2.23. The number of hydrogen-bond donors (Lipinski definition) is 3. The molecule has 0 fully saturated rings. The van der Waals surface area contributed by atoms with Gasteiger partial charge in [0.2, 0.25) is 5.91 Å². The third-order valence-electron chi connectivity index (χ3n) is 2.91. The van der Waals surface area contributed by atoms with E-state index in [9.17, 15) is 18.0 Å². The molecule has 0 saturated heterocycles. The zero-order valence-corrected chi connectivity index (χ0v) is 13.9. The highest BCUT2D eigenvalue weighted by Gasteiger charge is 2.19. The van der Waals surface area contributed by atoms with E-state index in [1.807, 2.05) is 0 Å². The minimum atomic E-state index is -3.79. The Hall–Kier alpha value is -2.58. The fourth-order valence-electron chi connectivity index (χ4n) is 1.91. The van der Waals surface area contributed by atoms with Crippen molar-refractivity contribution < 1.29 is 18.0 Å². The quantitative estimate of drug-likeness (QED) is 0.750. The van der Waals surface area contributed by atoms with Crippen LogP contribution in [0.25, 0.3) is 0 Å². The van der Waals surface area contributed by atoms with E-state index in [1.54, 1.807) is 18.2 Å². The molecule has 0 unspecified atom stereocenters. The molecule has 9 heteroatoms. The van der Waals surface area contributed by atoms with Crippen LogP contribution in [0.15, 0.2) is 53.4 Å². The Labute approximate surface area is 143 Å². The molecule has 3 amide bonds. The van der Waals surface area contributed by atoms with E-state index in [4.69, 9.17) is 17.3 Å². The predicted octanol–water partition coefficient (Wildman–Crippen LogP) is 2.24. The average Bonchev–Trinajstić information content (AvgIpc) is 2.46. The number of hydrogen-bond acceptors (Lipinski definition) is 4. The van der Waals surface area contributed by atoms with Crippen LogP contribution in [0.4, 0.5) is 16.2 Å². The molecule has 0 atom stereocenters. The van der Waals surface area contributed by atoms with Crippen LogP contribution in [0.5, 0.6) is 0 Å². The number of benzene rings is 2. The first-order chi connectivity index (χ1) is 11.3. The fourth-order valence-corrected chi connectivity index (χ4v) is 3.17. The van der Waals surface area contributed by atoms with Gasteiger partial charge in [-0.15, -0.1) is 0 Å². The van der Waals surface area contributed by atoms with Crippen molar-refractivity contribution in [2.45, 2.75) is 4.90 Å². The zero-order valence-electron chi connectivity index (χ0n) is 12.3. The summed E-state index contributed by atoms with van der Waals surface area (Å²) in [6, 6.07) is 11.0. The van der Waals surface area contributed by atoms with E-state index in [0.717, 1.165) is 0 Å². The molecule has 0 saturated carbocycles. The molecular weight excluding hydrogens is 354 g/mol. The van der Waals surface area contributed by atoms with E-state index in [2.05, 4.69) is 10.6 Å². The van der Waals surface area contributed by atoms with Crippen molar-refractivity contribution in [2.75, 3.05) is 16.4 Å². The van der Waals surface area contributed by atoms with Crippen LogP contribution in [-0.4, -0.2) is 26.1 Å². The summed E-state index contributed by atoms with van der Waals surface area (Å²) >= 11 is 5.71. The summed E-state index contributed by atoms with van der Waals surface area (Å²) in [6.45, 7) is 0. The van der Waals surface area contributed by atoms with Crippen molar-refractivity contribution in [2.24, 2.45) is 5.73 Å². The van der Waals surface area contributed by atoms with Gasteiger partial charge in [-0.3, -0.25) is 4.79 Å². The van der Waals surface area contributed by atoms with E-state index >= 15 is 0 Å². The summed E-state index contributed by atoms with van der Waals surface area (Å²) in [6.07, 6.45) is 0. The summed E-state index contributed by atoms with van der Waals surface area (Å²) in [5, 5.41) is 5.21. The van der Waals surface area contributed by atoms with E-state index in [1.165, 1.54) is 30.3 Å².